The zero-order valence-corrected chi connectivity index (χ0v) is 18.9. The number of nitrogens with zero attached hydrogens (tertiary/aromatic N) is 6. The molecule has 0 fully saturated rings. The maximum Gasteiger partial charge on any atom is 0.255 e. The van der Waals surface area contributed by atoms with Crippen molar-refractivity contribution < 1.29 is 13.2 Å². The fourth-order valence-electron chi connectivity index (χ4n) is 3.73. The van der Waals surface area contributed by atoms with Gasteiger partial charge in [-0.25, -0.2) is 23.1 Å². The minimum atomic E-state index is -1.29. The number of benzene rings is 2. The van der Waals surface area contributed by atoms with E-state index in [4.69, 9.17) is 23.1 Å². The number of rotatable bonds is 4. The lowest BCUT2D eigenvalue weighted by atomic mass is 10.1. The van der Waals surface area contributed by atoms with Gasteiger partial charge in [0.1, 0.15) is 23.3 Å². The van der Waals surface area contributed by atoms with Crippen LogP contribution in [-0.4, -0.2) is 29.7 Å². The molecule has 0 spiro atoms. The van der Waals surface area contributed by atoms with Crippen molar-refractivity contribution in [3.8, 4) is 17.1 Å². The van der Waals surface area contributed by atoms with Crippen LogP contribution in [0.4, 0.5) is 24.8 Å². The lowest BCUT2D eigenvalue weighted by molar-refractivity contribution is 0.482. The van der Waals surface area contributed by atoms with Crippen molar-refractivity contribution in [3.63, 3.8) is 0 Å². The lowest BCUT2D eigenvalue weighted by Crippen LogP contribution is -2.10. The largest absolute Gasteiger partial charge is 0.383 e. The van der Waals surface area contributed by atoms with Crippen molar-refractivity contribution in [1.29, 1.82) is 0 Å². The Kier molecular flexibility index (Phi) is 5.48. The van der Waals surface area contributed by atoms with Crippen molar-refractivity contribution in [1.82, 2.24) is 29.7 Å². The van der Waals surface area contributed by atoms with Crippen molar-refractivity contribution in [2.75, 3.05) is 11.5 Å². The standard InChI is InChI=1S/C23H16ClF3N8/c1-10-30-8-11(9-31-10)19-21(28)32-23(33-22(19)29)35-18-5-2-12(24)6-14(18)17(34-35)7-13-15(25)3-4-16(26)20(13)27/h2-6,8-9H,7H2,1H3,(H4,28,29,32,33). The van der Waals surface area contributed by atoms with Crippen molar-refractivity contribution in [3.05, 3.63) is 82.3 Å². The SMILES string of the molecule is Cc1ncc(-c2c(N)nc(-n3nc(Cc4c(F)ccc(F)c4F)c4cc(Cl)ccc43)nc2N)cn1. The van der Waals surface area contributed by atoms with Crippen LogP contribution < -0.4 is 11.5 Å². The van der Waals surface area contributed by atoms with Gasteiger partial charge in [-0.05, 0) is 37.3 Å². The van der Waals surface area contributed by atoms with Gasteiger partial charge in [0.15, 0.2) is 11.6 Å². The molecule has 0 radical (unpaired) electrons. The molecule has 176 valence electrons. The Labute approximate surface area is 201 Å². The van der Waals surface area contributed by atoms with E-state index in [2.05, 4.69) is 25.0 Å². The Morgan fingerprint density at radius 2 is 1.60 bits per heavy atom. The zero-order valence-electron chi connectivity index (χ0n) is 18.1. The molecule has 0 aliphatic rings. The summed E-state index contributed by atoms with van der Waals surface area (Å²) in [5.41, 5.74) is 13.5. The summed E-state index contributed by atoms with van der Waals surface area (Å²) in [6.07, 6.45) is 2.76. The summed E-state index contributed by atoms with van der Waals surface area (Å²) in [5, 5.41) is 5.28. The summed E-state index contributed by atoms with van der Waals surface area (Å²) in [7, 11) is 0. The maximum absolute atomic E-state index is 14.4. The van der Waals surface area contributed by atoms with E-state index in [0.717, 1.165) is 12.1 Å². The van der Waals surface area contributed by atoms with Gasteiger partial charge in [-0.2, -0.15) is 19.7 Å². The van der Waals surface area contributed by atoms with Crippen LogP contribution in [0.2, 0.25) is 5.02 Å². The summed E-state index contributed by atoms with van der Waals surface area (Å²) < 4.78 is 43.8. The number of halogens is 4. The second-order valence-electron chi connectivity index (χ2n) is 7.71. The van der Waals surface area contributed by atoms with Crippen LogP contribution in [0.25, 0.3) is 28.0 Å². The molecule has 0 unspecified atom stereocenters. The Bertz CT molecular complexity index is 1580. The number of nitrogen functional groups attached to an aromatic ring is 2. The fourth-order valence-corrected chi connectivity index (χ4v) is 3.90. The third-order valence-corrected chi connectivity index (χ3v) is 5.65. The van der Waals surface area contributed by atoms with Crippen molar-refractivity contribution in [2.45, 2.75) is 13.3 Å². The normalized spacial score (nSPS) is 11.3. The molecule has 0 saturated heterocycles. The molecule has 3 heterocycles. The highest BCUT2D eigenvalue weighted by Gasteiger charge is 2.21. The Hall–Kier alpha value is -4.25. The van der Waals surface area contributed by atoms with Gasteiger partial charge in [-0.1, -0.05) is 11.6 Å². The molecule has 2 aromatic carbocycles. The predicted octanol–water partition coefficient (Wildman–Crippen LogP) is 4.41. The molecule has 0 aliphatic heterocycles. The van der Waals surface area contributed by atoms with E-state index in [1.807, 2.05) is 0 Å². The molecule has 0 amide bonds. The first-order valence-corrected chi connectivity index (χ1v) is 10.6. The molecule has 35 heavy (non-hydrogen) atoms. The van der Waals surface area contributed by atoms with Gasteiger partial charge in [-0.3, -0.25) is 0 Å². The number of aromatic nitrogens is 6. The molecule has 0 saturated carbocycles. The summed E-state index contributed by atoms with van der Waals surface area (Å²) in [4.78, 5) is 16.9. The lowest BCUT2D eigenvalue weighted by Gasteiger charge is -2.10. The molecule has 5 rings (SSSR count). The minimum absolute atomic E-state index is 0.0236. The van der Waals surface area contributed by atoms with E-state index >= 15 is 0 Å². The molecular weight excluding hydrogens is 481 g/mol. The van der Waals surface area contributed by atoms with E-state index in [1.54, 1.807) is 37.5 Å². The molecule has 8 nitrogen and oxygen atoms in total. The zero-order chi connectivity index (χ0) is 24.9. The van der Waals surface area contributed by atoms with Gasteiger partial charge in [0.2, 0.25) is 0 Å². The quantitative estimate of drug-likeness (QED) is 0.353. The van der Waals surface area contributed by atoms with Crippen LogP contribution in [-0.2, 0) is 6.42 Å². The third-order valence-electron chi connectivity index (χ3n) is 5.41. The highest BCUT2D eigenvalue weighted by molar-refractivity contribution is 6.31. The Morgan fingerprint density at radius 3 is 2.29 bits per heavy atom. The fraction of sp³-hybridized carbons (Fsp3) is 0.0870. The summed E-state index contributed by atoms with van der Waals surface area (Å²) >= 11 is 6.16. The molecule has 12 heteroatoms. The van der Waals surface area contributed by atoms with Gasteiger partial charge in [0.25, 0.3) is 5.95 Å². The first-order valence-electron chi connectivity index (χ1n) is 10.2. The predicted molar refractivity (Wildman–Crippen MR) is 125 cm³/mol. The second-order valence-corrected chi connectivity index (χ2v) is 8.14. The van der Waals surface area contributed by atoms with Crippen LogP contribution in [0.1, 0.15) is 17.1 Å². The maximum atomic E-state index is 14.4. The topological polar surface area (TPSA) is 121 Å². The summed E-state index contributed by atoms with van der Waals surface area (Å²) in [6.45, 7) is 1.74. The third kappa shape index (κ3) is 3.99. The van der Waals surface area contributed by atoms with Gasteiger partial charge in [-0.15, -0.1) is 0 Å². The van der Waals surface area contributed by atoms with Gasteiger partial charge >= 0.3 is 0 Å². The number of hydrogen-bond acceptors (Lipinski definition) is 7. The smallest absolute Gasteiger partial charge is 0.255 e. The van der Waals surface area contributed by atoms with E-state index in [0.29, 0.717) is 32.9 Å². The number of aryl methyl sites for hydroxylation is 1. The molecule has 4 N–H and O–H groups in total. The average Bonchev–Trinajstić information content (AvgIpc) is 3.17. The van der Waals surface area contributed by atoms with Gasteiger partial charge < -0.3 is 11.5 Å². The highest BCUT2D eigenvalue weighted by Crippen LogP contribution is 2.32. The van der Waals surface area contributed by atoms with Crippen molar-refractivity contribution in [2.24, 2.45) is 0 Å². The molecule has 0 atom stereocenters. The van der Waals surface area contributed by atoms with E-state index in [-0.39, 0.29) is 29.7 Å². The minimum Gasteiger partial charge on any atom is -0.383 e. The van der Waals surface area contributed by atoms with Crippen LogP contribution >= 0.6 is 11.6 Å². The molecule has 3 aromatic heterocycles. The Balaban J connectivity index is 1.66. The molecular formula is C23H16ClF3N8. The average molecular weight is 497 g/mol. The number of anilines is 2. The van der Waals surface area contributed by atoms with E-state index in [9.17, 15) is 13.2 Å². The van der Waals surface area contributed by atoms with Crippen LogP contribution in [0.15, 0.2) is 42.7 Å². The first-order chi connectivity index (χ1) is 16.7. The van der Waals surface area contributed by atoms with Gasteiger partial charge in [0, 0.05) is 40.4 Å². The molecule has 0 aliphatic carbocycles. The number of nitrogens with two attached hydrogens (primary N) is 2. The van der Waals surface area contributed by atoms with Gasteiger partial charge in [0.05, 0.1) is 16.8 Å². The Morgan fingerprint density at radius 1 is 0.943 bits per heavy atom. The van der Waals surface area contributed by atoms with Crippen LogP contribution in [0.5, 0.6) is 0 Å². The van der Waals surface area contributed by atoms with Crippen LogP contribution in [0.3, 0.4) is 0 Å². The number of hydrogen-bond donors (Lipinski definition) is 2. The van der Waals surface area contributed by atoms with Crippen molar-refractivity contribution >= 4 is 34.1 Å². The monoisotopic (exact) mass is 496 g/mol. The van der Waals surface area contributed by atoms with E-state index in [1.165, 1.54) is 4.68 Å². The molecule has 0 bridgehead atoms. The number of fused-ring (bicyclic) bond motifs is 1. The van der Waals surface area contributed by atoms with E-state index < -0.39 is 23.0 Å². The summed E-state index contributed by atoms with van der Waals surface area (Å²) in [5.74, 6) is -2.64. The highest BCUT2D eigenvalue weighted by atomic mass is 35.5. The molecule has 5 aromatic rings. The first kappa shape index (κ1) is 22.5. The van der Waals surface area contributed by atoms with Crippen LogP contribution in [0, 0.1) is 24.4 Å². The second kappa shape index (κ2) is 8.51. The summed E-state index contributed by atoms with van der Waals surface area (Å²) in [6, 6.07) is 6.42.